The molecule has 5 heteroatoms. The molecule has 0 atom stereocenters. The minimum Gasteiger partial charge on any atom is -0.357 e. The van der Waals surface area contributed by atoms with E-state index in [9.17, 15) is 0 Å². The maximum absolute atomic E-state index is 4.65. The Labute approximate surface area is 132 Å². The smallest absolute Gasteiger partial charge is 0.191 e. The number of aromatic nitrogens is 2. The molecule has 0 aliphatic heterocycles. The third-order valence-electron chi connectivity index (χ3n) is 3.43. The van der Waals surface area contributed by atoms with Crippen molar-refractivity contribution in [2.75, 3.05) is 13.1 Å². The Morgan fingerprint density at radius 1 is 1.23 bits per heavy atom. The molecule has 0 radical (unpaired) electrons. The van der Waals surface area contributed by atoms with Crippen molar-refractivity contribution in [2.24, 2.45) is 4.99 Å². The van der Waals surface area contributed by atoms with E-state index in [1.54, 1.807) is 6.20 Å². The lowest BCUT2D eigenvalue weighted by Gasteiger charge is -2.11. The van der Waals surface area contributed by atoms with Gasteiger partial charge < -0.3 is 10.6 Å². The highest BCUT2D eigenvalue weighted by Gasteiger charge is 1.99. The number of guanidine groups is 1. The summed E-state index contributed by atoms with van der Waals surface area (Å²) in [5, 5.41) is 10.9. The topological polar surface area (TPSA) is 54.2 Å². The summed E-state index contributed by atoms with van der Waals surface area (Å²) in [7, 11) is 0. The Balaban J connectivity index is 1.80. The molecule has 2 rings (SSSR count). The van der Waals surface area contributed by atoms with E-state index in [2.05, 4.69) is 58.8 Å². The van der Waals surface area contributed by atoms with Gasteiger partial charge in [0.25, 0.3) is 0 Å². The first-order chi connectivity index (χ1) is 10.8. The Hall–Kier alpha value is -2.30. The second-order valence-corrected chi connectivity index (χ2v) is 5.17. The van der Waals surface area contributed by atoms with Crippen LogP contribution in [0.3, 0.4) is 0 Å². The molecule has 0 saturated carbocycles. The van der Waals surface area contributed by atoms with E-state index in [4.69, 9.17) is 0 Å². The lowest BCUT2D eigenvalue weighted by atomic mass is 10.1. The molecule has 2 N–H and O–H groups in total. The standard InChI is InChI=1S/C17H25N5/c1-3-18-17(19-10-6-12-22-13-7-11-21-22)20-14-16-9-5-4-8-15(16)2/h4-5,7-9,11,13H,3,6,10,12,14H2,1-2H3,(H2,18,19,20). The lowest BCUT2D eigenvalue weighted by molar-refractivity contribution is 0.570. The largest absolute Gasteiger partial charge is 0.357 e. The Bertz CT molecular complexity index is 574. The van der Waals surface area contributed by atoms with Crippen LogP contribution in [0, 0.1) is 6.92 Å². The van der Waals surface area contributed by atoms with Crippen molar-refractivity contribution in [1.29, 1.82) is 0 Å². The molecule has 0 bridgehead atoms. The molecule has 0 unspecified atom stereocenters. The van der Waals surface area contributed by atoms with Crippen molar-refractivity contribution in [3.8, 4) is 0 Å². The van der Waals surface area contributed by atoms with Gasteiger partial charge in [-0.3, -0.25) is 4.68 Å². The summed E-state index contributed by atoms with van der Waals surface area (Å²) in [5.74, 6) is 0.867. The zero-order valence-electron chi connectivity index (χ0n) is 13.4. The van der Waals surface area contributed by atoms with Crippen molar-refractivity contribution < 1.29 is 0 Å². The van der Waals surface area contributed by atoms with Crippen molar-refractivity contribution in [1.82, 2.24) is 20.4 Å². The van der Waals surface area contributed by atoms with Crippen molar-refractivity contribution in [3.05, 3.63) is 53.9 Å². The van der Waals surface area contributed by atoms with Gasteiger partial charge in [-0.2, -0.15) is 5.10 Å². The Morgan fingerprint density at radius 2 is 2.09 bits per heavy atom. The van der Waals surface area contributed by atoms with Crippen LogP contribution in [0.1, 0.15) is 24.5 Å². The van der Waals surface area contributed by atoms with E-state index in [1.807, 2.05) is 16.9 Å². The average molecular weight is 299 g/mol. The predicted octanol–water partition coefficient (Wildman–Crippen LogP) is 2.34. The number of hydrogen-bond donors (Lipinski definition) is 2. The molecule has 2 aromatic rings. The Kier molecular flexibility index (Phi) is 6.48. The summed E-state index contributed by atoms with van der Waals surface area (Å²) in [6, 6.07) is 10.3. The molecular weight excluding hydrogens is 274 g/mol. The monoisotopic (exact) mass is 299 g/mol. The van der Waals surface area contributed by atoms with Crippen molar-refractivity contribution in [2.45, 2.75) is 33.4 Å². The molecule has 0 fully saturated rings. The molecule has 118 valence electrons. The number of nitrogens with zero attached hydrogens (tertiary/aromatic N) is 3. The van der Waals surface area contributed by atoms with Gasteiger partial charge in [-0.15, -0.1) is 0 Å². The van der Waals surface area contributed by atoms with Gasteiger partial charge in [0.1, 0.15) is 0 Å². The zero-order valence-corrected chi connectivity index (χ0v) is 13.4. The lowest BCUT2D eigenvalue weighted by Crippen LogP contribution is -2.38. The van der Waals surface area contributed by atoms with Gasteiger partial charge in [-0.25, -0.2) is 4.99 Å². The first kappa shape index (κ1) is 16.1. The van der Waals surface area contributed by atoms with Crippen LogP contribution < -0.4 is 10.6 Å². The van der Waals surface area contributed by atoms with Gasteiger partial charge in [0.2, 0.25) is 0 Å². The molecule has 0 aliphatic rings. The number of rotatable bonds is 7. The van der Waals surface area contributed by atoms with E-state index in [1.165, 1.54) is 11.1 Å². The highest BCUT2D eigenvalue weighted by Crippen LogP contribution is 2.07. The minimum atomic E-state index is 0.696. The maximum atomic E-state index is 4.65. The predicted molar refractivity (Wildman–Crippen MR) is 90.8 cm³/mol. The summed E-state index contributed by atoms with van der Waals surface area (Å²) in [6.07, 6.45) is 4.80. The number of aryl methyl sites for hydroxylation is 2. The van der Waals surface area contributed by atoms with Crippen LogP contribution in [-0.2, 0) is 13.1 Å². The fraction of sp³-hybridized carbons (Fsp3) is 0.412. The summed E-state index contributed by atoms with van der Waals surface area (Å²) in [4.78, 5) is 4.65. The summed E-state index contributed by atoms with van der Waals surface area (Å²) < 4.78 is 1.94. The van der Waals surface area contributed by atoms with Crippen LogP contribution >= 0.6 is 0 Å². The van der Waals surface area contributed by atoms with Crippen molar-refractivity contribution >= 4 is 5.96 Å². The summed E-state index contributed by atoms with van der Waals surface area (Å²) in [5.41, 5.74) is 2.54. The number of aliphatic imine (C=N–C) groups is 1. The molecule has 1 aromatic heterocycles. The molecular formula is C17H25N5. The van der Waals surface area contributed by atoms with Crippen LogP contribution in [0.4, 0.5) is 0 Å². The van der Waals surface area contributed by atoms with Gasteiger partial charge in [0.15, 0.2) is 5.96 Å². The second-order valence-electron chi connectivity index (χ2n) is 5.17. The maximum Gasteiger partial charge on any atom is 0.191 e. The van der Waals surface area contributed by atoms with Crippen LogP contribution in [0.5, 0.6) is 0 Å². The number of hydrogen-bond acceptors (Lipinski definition) is 2. The first-order valence-electron chi connectivity index (χ1n) is 7.83. The van der Waals surface area contributed by atoms with Crippen LogP contribution in [0.25, 0.3) is 0 Å². The fourth-order valence-electron chi connectivity index (χ4n) is 2.17. The van der Waals surface area contributed by atoms with E-state index in [0.717, 1.165) is 32.0 Å². The van der Waals surface area contributed by atoms with Gasteiger partial charge in [-0.1, -0.05) is 24.3 Å². The molecule has 22 heavy (non-hydrogen) atoms. The third kappa shape index (κ3) is 5.24. The molecule has 0 spiro atoms. The Morgan fingerprint density at radius 3 is 2.82 bits per heavy atom. The second kappa shape index (κ2) is 8.87. The van der Waals surface area contributed by atoms with E-state index in [-0.39, 0.29) is 0 Å². The molecule has 5 nitrogen and oxygen atoms in total. The number of nitrogens with one attached hydrogen (secondary N) is 2. The summed E-state index contributed by atoms with van der Waals surface area (Å²) in [6.45, 7) is 7.54. The quantitative estimate of drug-likeness (QED) is 0.469. The van der Waals surface area contributed by atoms with Crippen molar-refractivity contribution in [3.63, 3.8) is 0 Å². The molecule has 0 aliphatic carbocycles. The van der Waals surface area contributed by atoms with Crippen LogP contribution in [0.15, 0.2) is 47.7 Å². The molecule has 0 amide bonds. The highest BCUT2D eigenvalue weighted by atomic mass is 15.3. The SMILES string of the molecule is CCNC(=NCc1ccccc1C)NCCCn1cccn1. The zero-order chi connectivity index (χ0) is 15.6. The average Bonchev–Trinajstić information content (AvgIpc) is 3.03. The fourth-order valence-corrected chi connectivity index (χ4v) is 2.17. The van der Waals surface area contributed by atoms with Gasteiger partial charge in [0.05, 0.1) is 6.54 Å². The number of benzene rings is 1. The molecule has 0 saturated heterocycles. The van der Waals surface area contributed by atoms with E-state index in [0.29, 0.717) is 6.54 Å². The van der Waals surface area contributed by atoms with Crippen LogP contribution in [0.2, 0.25) is 0 Å². The van der Waals surface area contributed by atoms with E-state index < -0.39 is 0 Å². The van der Waals surface area contributed by atoms with E-state index >= 15 is 0 Å². The van der Waals surface area contributed by atoms with Crippen LogP contribution in [-0.4, -0.2) is 28.8 Å². The van der Waals surface area contributed by atoms with Gasteiger partial charge in [-0.05, 0) is 37.5 Å². The highest BCUT2D eigenvalue weighted by molar-refractivity contribution is 5.79. The van der Waals surface area contributed by atoms with Gasteiger partial charge >= 0.3 is 0 Å². The normalized spacial score (nSPS) is 11.5. The minimum absolute atomic E-state index is 0.696. The summed E-state index contributed by atoms with van der Waals surface area (Å²) >= 11 is 0. The first-order valence-corrected chi connectivity index (χ1v) is 7.83. The molecule has 1 heterocycles. The third-order valence-corrected chi connectivity index (χ3v) is 3.43. The molecule has 1 aromatic carbocycles. The van der Waals surface area contributed by atoms with Gasteiger partial charge in [0, 0.05) is 32.0 Å².